The minimum atomic E-state index is 0.448. The zero-order valence-electron chi connectivity index (χ0n) is 15.0. The van der Waals surface area contributed by atoms with E-state index in [0.717, 1.165) is 31.8 Å². The molecule has 134 valence electrons. The number of fused-ring (bicyclic) bond motifs is 1. The summed E-state index contributed by atoms with van der Waals surface area (Å²) in [6, 6.07) is 14.9. The predicted octanol–water partition coefficient (Wildman–Crippen LogP) is 3.51. The Labute approximate surface area is 153 Å². The average Bonchev–Trinajstić information content (AvgIpc) is 3.09. The molecule has 1 unspecified atom stereocenters. The summed E-state index contributed by atoms with van der Waals surface area (Å²) in [4.78, 5) is 6.67. The van der Waals surface area contributed by atoms with E-state index in [2.05, 4.69) is 45.5 Å². The van der Waals surface area contributed by atoms with Crippen molar-refractivity contribution >= 4 is 22.1 Å². The van der Waals surface area contributed by atoms with Gasteiger partial charge in [0.2, 0.25) is 0 Å². The molecular weight excluding hydrogens is 324 g/mol. The van der Waals surface area contributed by atoms with Crippen molar-refractivity contribution in [2.45, 2.75) is 19.0 Å². The molecule has 1 aromatic heterocycles. The number of aromatic nitrogens is 1. The van der Waals surface area contributed by atoms with Gasteiger partial charge in [0.15, 0.2) is 0 Å². The lowest BCUT2D eigenvalue weighted by atomic mass is 10.1. The van der Waals surface area contributed by atoms with Gasteiger partial charge < -0.3 is 15.8 Å². The lowest BCUT2D eigenvalue weighted by molar-refractivity contribution is 0.328. The van der Waals surface area contributed by atoms with Crippen LogP contribution in [0, 0.1) is 0 Å². The molecule has 3 N–H and O–H groups in total. The van der Waals surface area contributed by atoms with Crippen LogP contribution in [-0.2, 0) is 6.54 Å². The van der Waals surface area contributed by atoms with Crippen molar-refractivity contribution in [3.05, 3.63) is 60.4 Å². The van der Waals surface area contributed by atoms with Gasteiger partial charge in [-0.05, 0) is 36.2 Å². The largest absolute Gasteiger partial charge is 0.495 e. The second-order valence-electron chi connectivity index (χ2n) is 6.84. The maximum Gasteiger partial charge on any atom is 0.141 e. The normalized spacial score (nSPS) is 17.5. The van der Waals surface area contributed by atoms with Gasteiger partial charge in [0.05, 0.1) is 12.8 Å². The molecule has 0 bridgehead atoms. The third kappa shape index (κ3) is 3.44. The summed E-state index contributed by atoms with van der Waals surface area (Å²) in [6.45, 7) is 3.01. The third-order valence-electron chi connectivity index (χ3n) is 5.01. The Morgan fingerprint density at radius 1 is 1.27 bits per heavy atom. The quantitative estimate of drug-likeness (QED) is 0.691. The van der Waals surface area contributed by atoms with Crippen molar-refractivity contribution < 1.29 is 4.74 Å². The van der Waals surface area contributed by atoms with Crippen LogP contribution in [0.5, 0.6) is 5.75 Å². The van der Waals surface area contributed by atoms with Gasteiger partial charge in [-0.3, -0.25) is 9.88 Å². The fourth-order valence-corrected chi connectivity index (χ4v) is 3.70. The highest BCUT2D eigenvalue weighted by molar-refractivity contribution is 5.93. The number of nitrogens with zero attached hydrogens (tertiary/aromatic N) is 2. The molecule has 0 aliphatic carbocycles. The van der Waals surface area contributed by atoms with E-state index in [4.69, 9.17) is 10.5 Å². The third-order valence-corrected chi connectivity index (χ3v) is 5.01. The Morgan fingerprint density at radius 2 is 2.19 bits per heavy atom. The Morgan fingerprint density at radius 3 is 3.04 bits per heavy atom. The average molecular weight is 348 g/mol. The molecule has 0 spiro atoms. The molecule has 5 nitrogen and oxygen atoms in total. The monoisotopic (exact) mass is 348 g/mol. The number of methoxy groups -OCH3 is 1. The van der Waals surface area contributed by atoms with E-state index in [1.807, 2.05) is 24.5 Å². The Bertz CT molecular complexity index is 906. The summed E-state index contributed by atoms with van der Waals surface area (Å²) in [5.41, 5.74) is 9.13. The van der Waals surface area contributed by atoms with Crippen LogP contribution in [0.2, 0.25) is 0 Å². The van der Waals surface area contributed by atoms with E-state index in [1.165, 1.54) is 22.0 Å². The SMILES string of the molecule is COc1ccc(CN2CCC(Nc3cccc4cnccc34)C2)cc1N. The number of ether oxygens (including phenoxy) is 1. The van der Waals surface area contributed by atoms with Gasteiger partial charge in [-0.25, -0.2) is 0 Å². The minimum Gasteiger partial charge on any atom is -0.495 e. The van der Waals surface area contributed by atoms with Gasteiger partial charge in [-0.15, -0.1) is 0 Å². The van der Waals surface area contributed by atoms with Crippen molar-refractivity contribution in [1.82, 2.24) is 9.88 Å². The fraction of sp³-hybridized carbons (Fsp3) is 0.286. The van der Waals surface area contributed by atoms with Gasteiger partial charge >= 0.3 is 0 Å². The topological polar surface area (TPSA) is 63.4 Å². The van der Waals surface area contributed by atoms with Crippen LogP contribution in [0.15, 0.2) is 54.9 Å². The summed E-state index contributed by atoms with van der Waals surface area (Å²) in [6.07, 6.45) is 4.89. The van der Waals surface area contributed by atoms with Crippen LogP contribution in [0.4, 0.5) is 11.4 Å². The van der Waals surface area contributed by atoms with Gasteiger partial charge in [0.1, 0.15) is 5.75 Å². The van der Waals surface area contributed by atoms with Crippen LogP contribution in [-0.4, -0.2) is 36.1 Å². The minimum absolute atomic E-state index is 0.448. The maximum absolute atomic E-state index is 6.03. The van der Waals surface area contributed by atoms with E-state index in [1.54, 1.807) is 7.11 Å². The number of nitrogen functional groups attached to an aromatic ring is 1. The molecule has 1 aliphatic rings. The van der Waals surface area contributed by atoms with Crippen LogP contribution >= 0.6 is 0 Å². The number of hydrogen-bond acceptors (Lipinski definition) is 5. The van der Waals surface area contributed by atoms with Crippen molar-refractivity contribution in [3.8, 4) is 5.75 Å². The highest BCUT2D eigenvalue weighted by atomic mass is 16.5. The number of hydrogen-bond donors (Lipinski definition) is 2. The van der Waals surface area contributed by atoms with E-state index >= 15 is 0 Å². The number of likely N-dealkylation sites (tertiary alicyclic amines) is 1. The van der Waals surface area contributed by atoms with Crippen molar-refractivity contribution in [3.63, 3.8) is 0 Å². The van der Waals surface area contributed by atoms with E-state index in [9.17, 15) is 0 Å². The summed E-state index contributed by atoms with van der Waals surface area (Å²) in [5.74, 6) is 0.736. The van der Waals surface area contributed by atoms with Crippen LogP contribution in [0.3, 0.4) is 0 Å². The lowest BCUT2D eigenvalue weighted by Crippen LogP contribution is -2.26. The summed E-state index contributed by atoms with van der Waals surface area (Å²) in [5, 5.41) is 6.11. The van der Waals surface area contributed by atoms with E-state index < -0.39 is 0 Å². The fourth-order valence-electron chi connectivity index (χ4n) is 3.70. The molecule has 2 heterocycles. The molecule has 0 amide bonds. The van der Waals surface area contributed by atoms with Gasteiger partial charge in [0.25, 0.3) is 0 Å². The zero-order valence-corrected chi connectivity index (χ0v) is 15.0. The van der Waals surface area contributed by atoms with E-state index in [-0.39, 0.29) is 0 Å². The first-order valence-electron chi connectivity index (χ1n) is 8.97. The second kappa shape index (κ2) is 7.22. The van der Waals surface area contributed by atoms with Gasteiger partial charge in [-0.1, -0.05) is 18.2 Å². The summed E-state index contributed by atoms with van der Waals surface area (Å²) in [7, 11) is 1.64. The highest BCUT2D eigenvalue weighted by Gasteiger charge is 2.23. The van der Waals surface area contributed by atoms with Crippen LogP contribution in [0.1, 0.15) is 12.0 Å². The number of anilines is 2. The Balaban J connectivity index is 1.41. The lowest BCUT2D eigenvalue weighted by Gasteiger charge is -2.19. The molecular formula is C21H24N4O. The molecule has 26 heavy (non-hydrogen) atoms. The zero-order chi connectivity index (χ0) is 17.9. The van der Waals surface area contributed by atoms with Crippen molar-refractivity contribution in [1.29, 1.82) is 0 Å². The highest BCUT2D eigenvalue weighted by Crippen LogP contribution is 2.26. The number of pyridine rings is 1. The predicted molar refractivity (Wildman–Crippen MR) is 106 cm³/mol. The molecule has 3 aromatic rings. The smallest absolute Gasteiger partial charge is 0.141 e. The first kappa shape index (κ1) is 16.7. The maximum atomic E-state index is 6.03. The number of benzene rings is 2. The second-order valence-corrected chi connectivity index (χ2v) is 6.84. The van der Waals surface area contributed by atoms with Crippen molar-refractivity contribution in [2.75, 3.05) is 31.2 Å². The summed E-state index contributed by atoms with van der Waals surface area (Å²) < 4.78 is 5.24. The molecule has 0 radical (unpaired) electrons. The first-order chi connectivity index (χ1) is 12.7. The summed E-state index contributed by atoms with van der Waals surface area (Å²) >= 11 is 0. The van der Waals surface area contributed by atoms with Gasteiger partial charge in [-0.2, -0.15) is 0 Å². The number of rotatable bonds is 5. The Kier molecular flexibility index (Phi) is 4.63. The number of nitrogens with one attached hydrogen (secondary N) is 1. The molecule has 4 rings (SSSR count). The van der Waals surface area contributed by atoms with E-state index in [0.29, 0.717) is 11.7 Å². The molecule has 5 heteroatoms. The standard InChI is InChI=1S/C21H24N4O/c1-26-21-6-5-15(11-19(21)22)13-25-10-8-17(14-25)24-20-4-2-3-16-12-23-9-7-18(16)20/h2-7,9,11-12,17,24H,8,10,13-14,22H2,1H3. The van der Waals surface area contributed by atoms with Crippen molar-refractivity contribution in [2.24, 2.45) is 0 Å². The molecule has 1 fully saturated rings. The molecule has 1 saturated heterocycles. The van der Waals surface area contributed by atoms with Gasteiger partial charge in [0, 0.05) is 54.5 Å². The first-order valence-corrected chi connectivity index (χ1v) is 8.97. The van der Waals surface area contributed by atoms with Crippen LogP contribution in [0.25, 0.3) is 10.8 Å². The molecule has 2 aromatic carbocycles. The molecule has 1 aliphatic heterocycles. The Hall–Kier alpha value is -2.79. The van der Waals surface area contributed by atoms with Crippen LogP contribution < -0.4 is 15.8 Å². The number of nitrogens with two attached hydrogens (primary N) is 1. The molecule has 0 saturated carbocycles. The molecule has 1 atom stereocenters.